The standard InChI is InChI=1S/C16H14ClNOS/c1-20-15-8-3-2-7-14(15)18-16(19)10-9-12-5-4-6-13(17)11-12/h2-11H,1H3,(H,18,19)/b10-9+. The summed E-state index contributed by atoms with van der Waals surface area (Å²) in [6, 6.07) is 15.1. The summed E-state index contributed by atoms with van der Waals surface area (Å²) in [7, 11) is 0. The molecule has 0 fully saturated rings. The Kier molecular flexibility index (Phi) is 5.27. The highest BCUT2D eigenvalue weighted by Gasteiger charge is 2.02. The number of anilines is 1. The minimum absolute atomic E-state index is 0.161. The van der Waals surface area contributed by atoms with Crippen molar-refractivity contribution in [2.24, 2.45) is 0 Å². The molecule has 2 nitrogen and oxygen atoms in total. The molecule has 1 amide bonds. The fourth-order valence-corrected chi connectivity index (χ4v) is 2.46. The number of rotatable bonds is 4. The zero-order chi connectivity index (χ0) is 14.4. The Morgan fingerprint density at radius 1 is 1.20 bits per heavy atom. The molecule has 0 aromatic heterocycles. The summed E-state index contributed by atoms with van der Waals surface area (Å²) in [6.45, 7) is 0. The van der Waals surface area contributed by atoms with Crippen LogP contribution in [0.25, 0.3) is 6.08 Å². The van der Waals surface area contributed by atoms with Crippen molar-refractivity contribution in [2.45, 2.75) is 4.90 Å². The van der Waals surface area contributed by atoms with Crippen LogP contribution in [0.1, 0.15) is 5.56 Å². The maximum Gasteiger partial charge on any atom is 0.248 e. The molecule has 0 heterocycles. The van der Waals surface area contributed by atoms with Gasteiger partial charge in [-0.3, -0.25) is 4.79 Å². The van der Waals surface area contributed by atoms with Gasteiger partial charge in [-0.2, -0.15) is 0 Å². The molecular formula is C16H14ClNOS. The molecular weight excluding hydrogens is 290 g/mol. The third-order valence-corrected chi connectivity index (χ3v) is 3.67. The fraction of sp³-hybridized carbons (Fsp3) is 0.0625. The summed E-state index contributed by atoms with van der Waals surface area (Å²) in [6.07, 6.45) is 5.22. The largest absolute Gasteiger partial charge is 0.321 e. The number of hydrogen-bond acceptors (Lipinski definition) is 2. The van der Waals surface area contributed by atoms with Gasteiger partial charge >= 0.3 is 0 Å². The van der Waals surface area contributed by atoms with Gasteiger partial charge in [-0.25, -0.2) is 0 Å². The summed E-state index contributed by atoms with van der Waals surface area (Å²) >= 11 is 7.49. The lowest BCUT2D eigenvalue weighted by Gasteiger charge is -2.06. The first-order valence-corrected chi connectivity index (χ1v) is 7.67. The Morgan fingerprint density at radius 2 is 2.00 bits per heavy atom. The highest BCUT2D eigenvalue weighted by Crippen LogP contribution is 2.24. The van der Waals surface area contributed by atoms with Gasteiger partial charge < -0.3 is 5.32 Å². The maximum absolute atomic E-state index is 11.9. The summed E-state index contributed by atoms with van der Waals surface area (Å²) in [5, 5.41) is 3.52. The van der Waals surface area contributed by atoms with Crippen LogP contribution in [0.15, 0.2) is 59.5 Å². The Balaban J connectivity index is 2.06. The Labute approximate surface area is 127 Å². The van der Waals surface area contributed by atoms with E-state index in [4.69, 9.17) is 11.6 Å². The van der Waals surface area contributed by atoms with Crippen molar-refractivity contribution in [3.8, 4) is 0 Å². The van der Waals surface area contributed by atoms with Crippen LogP contribution >= 0.6 is 23.4 Å². The van der Waals surface area contributed by atoms with E-state index in [9.17, 15) is 4.79 Å². The van der Waals surface area contributed by atoms with Gasteiger partial charge in [0.05, 0.1) is 5.69 Å². The van der Waals surface area contributed by atoms with E-state index >= 15 is 0 Å². The van der Waals surface area contributed by atoms with Gasteiger partial charge in [-0.15, -0.1) is 11.8 Å². The van der Waals surface area contributed by atoms with E-state index in [1.807, 2.05) is 42.7 Å². The predicted octanol–water partition coefficient (Wildman–Crippen LogP) is 4.71. The van der Waals surface area contributed by atoms with Crippen molar-refractivity contribution < 1.29 is 4.79 Å². The van der Waals surface area contributed by atoms with Crippen molar-refractivity contribution in [1.82, 2.24) is 0 Å². The minimum Gasteiger partial charge on any atom is -0.321 e. The second-order valence-electron chi connectivity index (χ2n) is 4.08. The predicted molar refractivity (Wildman–Crippen MR) is 87.3 cm³/mol. The molecule has 0 aliphatic rings. The summed E-state index contributed by atoms with van der Waals surface area (Å²) in [4.78, 5) is 12.9. The van der Waals surface area contributed by atoms with E-state index in [0.29, 0.717) is 5.02 Å². The number of para-hydroxylation sites is 1. The van der Waals surface area contributed by atoms with Crippen LogP contribution in [-0.4, -0.2) is 12.2 Å². The molecule has 0 aliphatic heterocycles. The zero-order valence-electron chi connectivity index (χ0n) is 11.0. The molecule has 1 N–H and O–H groups in total. The van der Waals surface area contributed by atoms with E-state index < -0.39 is 0 Å². The van der Waals surface area contributed by atoms with Crippen molar-refractivity contribution >= 4 is 41.0 Å². The summed E-state index contributed by atoms with van der Waals surface area (Å²) < 4.78 is 0. The molecule has 20 heavy (non-hydrogen) atoms. The molecule has 2 aromatic rings. The van der Waals surface area contributed by atoms with Gasteiger partial charge in [-0.05, 0) is 42.2 Å². The topological polar surface area (TPSA) is 29.1 Å². The SMILES string of the molecule is CSc1ccccc1NC(=O)/C=C/c1cccc(Cl)c1. The molecule has 4 heteroatoms. The minimum atomic E-state index is -0.161. The second kappa shape index (κ2) is 7.17. The van der Waals surface area contributed by atoms with Crippen LogP contribution in [0.4, 0.5) is 5.69 Å². The van der Waals surface area contributed by atoms with Crippen LogP contribution in [0.3, 0.4) is 0 Å². The molecule has 2 rings (SSSR count). The van der Waals surface area contributed by atoms with Crippen molar-refractivity contribution in [1.29, 1.82) is 0 Å². The monoisotopic (exact) mass is 303 g/mol. The van der Waals surface area contributed by atoms with E-state index in [2.05, 4.69) is 5.32 Å². The van der Waals surface area contributed by atoms with E-state index in [1.165, 1.54) is 6.08 Å². The van der Waals surface area contributed by atoms with Crippen molar-refractivity contribution in [3.63, 3.8) is 0 Å². The maximum atomic E-state index is 11.9. The van der Waals surface area contributed by atoms with E-state index in [1.54, 1.807) is 30.0 Å². The molecule has 0 radical (unpaired) electrons. The van der Waals surface area contributed by atoms with Crippen LogP contribution in [0.2, 0.25) is 5.02 Å². The summed E-state index contributed by atoms with van der Waals surface area (Å²) in [5.41, 5.74) is 1.71. The van der Waals surface area contributed by atoms with Crippen LogP contribution in [0.5, 0.6) is 0 Å². The number of thioether (sulfide) groups is 1. The third-order valence-electron chi connectivity index (χ3n) is 2.64. The fourth-order valence-electron chi connectivity index (χ4n) is 1.70. The molecule has 0 unspecified atom stereocenters. The molecule has 0 saturated carbocycles. The molecule has 0 aliphatic carbocycles. The third kappa shape index (κ3) is 4.15. The molecule has 102 valence electrons. The second-order valence-corrected chi connectivity index (χ2v) is 5.36. The average Bonchev–Trinajstić information content (AvgIpc) is 2.46. The number of halogens is 1. The Hall–Kier alpha value is -1.71. The zero-order valence-corrected chi connectivity index (χ0v) is 12.5. The summed E-state index contributed by atoms with van der Waals surface area (Å²) in [5.74, 6) is -0.161. The van der Waals surface area contributed by atoms with Crippen molar-refractivity contribution in [2.75, 3.05) is 11.6 Å². The molecule has 0 bridgehead atoms. The van der Waals surface area contributed by atoms with Gasteiger partial charge in [-0.1, -0.05) is 35.9 Å². The Bertz CT molecular complexity index is 640. The number of hydrogen-bond donors (Lipinski definition) is 1. The molecule has 0 saturated heterocycles. The smallest absolute Gasteiger partial charge is 0.248 e. The van der Waals surface area contributed by atoms with Gasteiger partial charge in [0, 0.05) is 16.0 Å². The van der Waals surface area contributed by atoms with Gasteiger partial charge in [0.15, 0.2) is 0 Å². The average molecular weight is 304 g/mol. The lowest BCUT2D eigenvalue weighted by molar-refractivity contribution is -0.111. The number of carbonyl (C=O) groups is 1. The lowest BCUT2D eigenvalue weighted by atomic mass is 10.2. The lowest BCUT2D eigenvalue weighted by Crippen LogP contribution is -2.08. The highest BCUT2D eigenvalue weighted by atomic mass is 35.5. The normalized spacial score (nSPS) is 10.7. The van der Waals surface area contributed by atoms with Crippen LogP contribution < -0.4 is 5.32 Å². The van der Waals surface area contributed by atoms with Gasteiger partial charge in [0.1, 0.15) is 0 Å². The quantitative estimate of drug-likeness (QED) is 0.654. The number of carbonyl (C=O) groups excluding carboxylic acids is 1. The first kappa shape index (κ1) is 14.7. The number of benzene rings is 2. The van der Waals surface area contributed by atoms with Gasteiger partial charge in [0.2, 0.25) is 5.91 Å². The number of amides is 1. The van der Waals surface area contributed by atoms with Gasteiger partial charge in [0.25, 0.3) is 0 Å². The highest BCUT2D eigenvalue weighted by molar-refractivity contribution is 7.98. The first-order valence-electron chi connectivity index (χ1n) is 6.06. The molecule has 2 aromatic carbocycles. The first-order chi connectivity index (χ1) is 9.69. The van der Waals surface area contributed by atoms with Crippen LogP contribution in [-0.2, 0) is 4.79 Å². The Morgan fingerprint density at radius 3 is 2.75 bits per heavy atom. The van der Waals surface area contributed by atoms with Crippen LogP contribution in [0, 0.1) is 0 Å². The van der Waals surface area contributed by atoms with E-state index in [-0.39, 0.29) is 5.91 Å². The molecule has 0 spiro atoms. The molecule has 0 atom stereocenters. The number of nitrogens with one attached hydrogen (secondary N) is 1. The van der Waals surface area contributed by atoms with Crippen molar-refractivity contribution in [3.05, 3.63) is 65.2 Å². The van der Waals surface area contributed by atoms with E-state index in [0.717, 1.165) is 16.1 Å².